The normalized spacial score (nSPS) is 12.2. The van der Waals surface area contributed by atoms with E-state index in [0.29, 0.717) is 6.54 Å². The third kappa shape index (κ3) is 3.95. The summed E-state index contributed by atoms with van der Waals surface area (Å²) in [5.41, 5.74) is 2.01. The first-order valence-corrected chi connectivity index (χ1v) is 7.63. The van der Waals surface area contributed by atoms with Crippen molar-refractivity contribution < 1.29 is 9.90 Å². The van der Waals surface area contributed by atoms with Crippen LogP contribution in [0.5, 0.6) is 0 Å². The molecule has 2 aromatic carbocycles. The van der Waals surface area contributed by atoms with Gasteiger partial charge in [-0.3, -0.25) is 4.79 Å². The Morgan fingerprint density at radius 2 is 1.55 bits per heavy atom. The molecule has 22 heavy (non-hydrogen) atoms. The highest BCUT2D eigenvalue weighted by atomic mass is 16.3. The molecule has 0 heterocycles. The van der Waals surface area contributed by atoms with Crippen LogP contribution >= 0.6 is 0 Å². The Morgan fingerprint density at radius 1 is 1.00 bits per heavy atom. The average Bonchev–Trinajstić information content (AvgIpc) is 2.56. The van der Waals surface area contributed by atoms with Crippen molar-refractivity contribution in [3.63, 3.8) is 0 Å². The summed E-state index contributed by atoms with van der Waals surface area (Å²) in [6.45, 7) is 4.19. The van der Waals surface area contributed by atoms with E-state index in [4.69, 9.17) is 0 Å². The monoisotopic (exact) mass is 297 g/mol. The minimum Gasteiger partial charge on any atom is -0.394 e. The van der Waals surface area contributed by atoms with Gasteiger partial charge in [0.2, 0.25) is 5.91 Å². The van der Waals surface area contributed by atoms with Crippen LogP contribution in [0.15, 0.2) is 60.7 Å². The van der Waals surface area contributed by atoms with Crippen LogP contribution < -0.4 is 0 Å². The predicted molar refractivity (Wildman–Crippen MR) is 88.1 cm³/mol. The Hall–Kier alpha value is -2.13. The Morgan fingerprint density at radius 3 is 2.05 bits per heavy atom. The summed E-state index contributed by atoms with van der Waals surface area (Å²) in [5.74, 6) is -0.0618. The number of aliphatic hydroxyl groups excluding tert-OH is 1. The van der Waals surface area contributed by atoms with Crippen LogP contribution in [-0.4, -0.2) is 22.5 Å². The summed E-state index contributed by atoms with van der Waals surface area (Å²) in [5, 5.41) is 9.86. The molecule has 2 aromatic rings. The zero-order valence-corrected chi connectivity index (χ0v) is 13.1. The van der Waals surface area contributed by atoms with E-state index in [-0.39, 0.29) is 24.5 Å². The standard InChI is InChI=1S/C19H23NO2/c1-15(2)19(22)20(13-16-9-5-3-6-10-16)18(14-21)17-11-7-4-8-12-17/h3-12,15,18,21H,13-14H2,1-2H3/t18-/m1/s1. The molecule has 0 aliphatic heterocycles. The van der Waals surface area contributed by atoms with Crippen LogP contribution in [0.2, 0.25) is 0 Å². The maximum atomic E-state index is 12.6. The molecule has 1 atom stereocenters. The van der Waals surface area contributed by atoms with Crippen LogP contribution in [0.3, 0.4) is 0 Å². The largest absolute Gasteiger partial charge is 0.394 e. The summed E-state index contributed by atoms with van der Waals surface area (Å²) in [7, 11) is 0. The molecule has 1 amide bonds. The van der Waals surface area contributed by atoms with Crippen molar-refractivity contribution in [3.05, 3.63) is 71.8 Å². The summed E-state index contributed by atoms with van der Waals surface area (Å²) in [6.07, 6.45) is 0. The fourth-order valence-electron chi connectivity index (χ4n) is 2.51. The van der Waals surface area contributed by atoms with Gasteiger partial charge in [-0.15, -0.1) is 0 Å². The van der Waals surface area contributed by atoms with Gasteiger partial charge in [0.15, 0.2) is 0 Å². The number of hydrogen-bond donors (Lipinski definition) is 1. The highest BCUT2D eigenvalue weighted by molar-refractivity contribution is 5.78. The van der Waals surface area contributed by atoms with Crippen LogP contribution in [-0.2, 0) is 11.3 Å². The highest BCUT2D eigenvalue weighted by Gasteiger charge is 2.26. The van der Waals surface area contributed by atoms with Crippen LogP contribution in [0.1, 0.15) is 31.0 Å². The summed E-state index contributed by atoms with van der Waals surface area (Å²) < 4.78 is 0. The zero-order chi connectivity index (χ0) is 15.9. The van der Waals surface area contributed by atoms with Crippen molar-refractivity contribution in [1.29, 1.82) is 0 Å². The number of aliphatic hydroxyl groups is 1. The van der Waals surface area contributed by atoms with Gasteiger partial charge in [0, 0.05) is 12.5 Å². The quantitative estimate of drug-likeness (QED) is 0.887. The first kappa shape index (κ1) is 16.2. The minimum atomic E-state index is -0.323. The SMILES string of the molecule is CC(C)C(=O)N(Cc1ccccc1)[C@H](CO)c1ccccc1. The van der Waals surface area contributed by atoms with E-state index in [2.05, 4.69) is 0 Å². The minimum absolute atomic E-state index is 0.0479. The van der Waals surface area contributed by atoms with E-state index in [1.807, 2.05) is 74.5 Å². The van der Waals surface area contributed by atoms with Gasteiger partial charge in [-0.2, -0.15) is 0 Å². The Kier molecular flexibility index (Phi) is 5.73. The third-order valence-corrected chi connectivity index (χ3v) is 3.71. The van der Waals surface area contributed by atoms with E-state index < -0.39 is 0 Å². The lowest BCUT2D eigenvalue weighted by atomic mass is 10.0. The molecule has 0 saturated carbocycles. The molecule has 3 heteroatoms. The van der Waals surface area contributed by atoms with E-state index in [1.165, 1.54) is 0 Å². The molecule has 0 saturated heterocycles. The van der Waals surface area contributed by atoms with Crippen molar-refractivity contribution in [2.45, 2.75) is 26.4 Å². The van der Waals surface area contributed by atoms with E-state index >= 15 is 0 Å². The first-order chi connectivity index (χ1) is 10.6. The van der Waals surface area contributed by atoms with Crippen molar-refractivity contribution in [2.75, 3.05) is 6.61 Å². The van der Waals surface area contributed by atoms with Gasteiger partial charge in [0.05, 0.1) is 12.6 Å². The van der Waals surface area contributed by atoms with Crippen molar-refractivity contribution >= 4 is 5.91 Å². The second-order valence-corrected chi connectivity index (χ2v) is 5.72. The Labute approximate surface area is 132 Å². The van der Waals surface area contributed by atoms with Crippen molar-refractivity contribution in [1.82, 2.24) is 4.90 Å². The van der Waals surface area contributed by atoms with Gasteiger partial charge in [0.25, 0.3) is 0 Å². The molecule has 2 rings (SSSR count). The van der Waals surface area contributed by atoms with E-state index in [0.717, 1.165) is 11.1 Å². The molecule has 0 bridgehead atoms. The van der Waals surface area contributed by atoms with Crippen molar-refractivity contribution in [2.24, 2.45) is 5.92 Å². The predicted octanol–water partition coefficient (Wildman–Crippen LogP) is 3.40. The van der Waals surface area contributed by atoms with Crippen LogP contribution in [0.4, 0.5) is 0 Å². The fourth-order valence-corrected chi connectivity index (χ4v) is 2.51. The maximum Gasteiger partial charge on any atom is 0.226 e. The molecule has 0 spiro atoms. The highest BCUT2D eigenvalue weighted by Crippen LogP contribution is 2.24. The maximum absolute atomic E-state index is 12.6. The Bertz CT molecular complexity index is 581. The molecular formula is C19H23NO2. The molecular weight excluding hydrogens is 274 g/mol. The second kappa shape index (κ2) is 7.76. The smallest absolute Gasteiger partial charge is 0.226 e. The summed E-state index contributed by atoms with van der Waals surface area (Å²) in [4.78, 5) is 14.4. The summed E-state index contributed by atoms with van der Waals surface area (Å²) in [6, 6.07) is 19.3. The molecule has 0 fully saturated rings. The zero-order valence-electron chi connectivity index (χ0n) is 13.1. The number of carbonyl (C=O) groups is 1. The van der Waals surface area contributed by atoms with Gasteiger partial charge in [-0.1, -0.05) is 74.5 Å². The lowest BCUT2D eigenvalue weighted by Gasteiger charge is -2.32. The molecule has 0 aromatic heterocycles. The molecule has 3 nitrogen and oxygen atoms in total. The molecule has 1 N–H and O–H groups in total. The molecule has 0 unspecified atom stereocenters. The first-order valence-electron chi connectivity index (χ1n) is 7.63. The molecule has 0 aliphatic rings. The molecule has 0 radical (unpaired) electrons. The molecule has 116 valence electrons. The van der Waals surface area contributed by atoms with E-state index in [9.17, 15) is 9.90 Å². The number of rotatable bonds is 6. The van der Waals surface area contributed by atoms with Crippen LogP contribution in [0.25, 0.3) is 0 Å². The average molecular weight is 297 g/mol. The van der Waals surface area contributed by atoms with Gasteiger partial charge in [-0.05, 0) is 11.1 Å². The summed E-state index contributed by atoms with van der Waals surface area (Å²) >= 11 is 0. The van der Waals surface area contributed by atoms with Gasteiger partial charge >= 0.3 is 0 Å². The van der Waals surface area contributed by atoms with Gasteiger partial charge in [-0.25, -0.2) is 0 Å². The van der Waals surface area contributed by atoms with Crippen LogP contribution in [0, 0.1) is 5.92 Å². The second-order valence-electron chi connectivity index (χ2n) is 5.72. The van der Waals surface area contributed by atoms with Gasteiger partial charge in [0.1, 0.15) is 0 Å². The lowest BCUT2D eigenvalue weighted by molar-refractivity contribution is -0.138. The third-order valence-electron chi connectivity index (χ3n) is 3.71. The topological polar surface area (TPSA) is 40.5 Å². The fraction of sp³-hybridized carbons (Fsp3) is 0.316. The number of benzene rings is 2. The number of amides is 1. The van der Waals surface area contributed by atoms with Gasteiger partial charge < -0.3 is 10.0 Å². The number of nitrogens with zero attached hydrogens (tertiary/aromatic N) is 1. The number of hydrogen-bond acceptors (Lipinski definition) is 2. The molecule has 0 aliphatic carbocycles. The lowest BCUT2D eigenvalue weighted by Crippen LogP contribution is -2.38. The Balaban J connectivity index is 2.32. The van der Waals surface area contributed by atoms with Crippen molar-refractivity contribution in [3.8, 4) is 0 Å². The van der Waals surface area contributed by atoms with E-state index in [1.54, 1.807) is 4.90 Å². The number of carbonyl (C=O) groups excluding carboxylic acids is 1.